The van der Waals surface area contributed by atoms with Gasteiger partial charge in [0.2, 0.25) is 5.82 Å². The Morgan fingerprint density at radius 3 is 1.81 bits per heavy atom. The summed E-state index contributed by atoms with van der Waals surface area (Å²) in [4.78, 5) is 50.7. The smallest absolute Gasteiger partial charge is 0.425 e. The number of alkyl halides is 2. The molecular weight excluding hydrogens is 668 g/mol. The molecule has 1 N–H and O–H groups in total. The molecule has 252 valence electrons. The molecular formula is C34H32Cl2FN3O8. The summed E-state index contributed by atoms with van der Waals surface area (Å²) in [5.41, 5.74) is -0.833. The van der Waals surface area contributed by atoms with Crippen LogP contribution in [-0.4, -0.2) is 65.7 Å². The molecule has 1 aromatic heterocycles. The molecule has 0 radical (unpaired) electrons. The van der Waals surface area contributed by atoms with Crippen LogP contribution in [0.15, 0.2) is 88.6 Å². The van der Waals surface area contributed by atoms with Crippen molar-refractivity contribution in [1.29, 1.82) is 0 Å². The van der Waals surface area contributed by atoms with E-state index >= 15 is 0 Å². The van der Waals surface area contributed by atoms with E-state index in [-0.39, 0.29) is 17.8 Å². The van der Waals surface area contributed by atoms with Crippen LogP contribution in [0.4, 0.5) is 14.0 Å². The number of methoxy groups -OCH3 is 2. The molecule has 11 nitrogen and oxygen atoms in total. The molecule has 5 rings (SSSR count). The van der Waals surface area contributed by atoms with Crippen LogP contribution in [0.5, 0.6) is 11.5 Å². The Morgan fingerprint density at radius 1 is 0.792 bits per heavy atom. The van der Waals surface area contributed by atoms with Gasteiger partial charge < -0.3 is 28.8 Å². The van der Waals surface area contributed by atoms with Crippen molar-refractivity contribution in [3.05, 3.63) is 117 Å². The molecule has 0 spiro atoms. The number of H-pyrrole nitrogens is 1. The topological polar surface area (TPSA) is 129 Å². The number of amides is 1. The van der Waals surface area contributed by atoms with Crippen LogP contribution in [0.3, 0.4) is 0 Å². The van der Waals surface area contributed by atoms with Gasteiger partial charge in [0.25, 0.3) is 0 Å². The van der Waals surface area contributed by atoms with Crippen molar-refractivity contribution in [2.45, 2.75) is 13.2 Å². The molecule has 1 amide bonds. The predicted octanol–water partition coefficient (Wildman–Crippen LogP) is 6.29. The highest BCUT2D eigenvalue weighted by atomic mass is 35.5. The average molecular weight is 701 g/mol. The molecule has 0 bridgehead atoms. The molecule has 0 aliphatic rings. The number of ether oxygens (including phenoxy) is 4. The average Bonchev–Trinajstić information content (AvgIpc) is 3.10. The van der Waals surface area contributed by atoms with Crippen LogP contribution in [0.2, 0.25) is 0 Å². The lowest BCUT2D eigenvalue weighted by molar-refractivity contribution is 0.101. The maximum Gasteiger partial charge on any atom is 0.425 e. The van der Waals surface area contributed by atoms with Gasteiger partial charge in [0.15, 0.2) is 0 Å². The number of aromatic nitrogens is 2. The van der Waals surface area contributed by atoms with Gasteiger partial charge in [-0.2, -0.15) is 8.96 Å². The number of hydrogen-bond acceptors (Lipinski definition) is 8. The number of nitrogens with zero attached hydrogens (tertiary/aromatic N) is 2. The van der Waals surface area contributed by atoms with Crippen LogP contribution >= 0.6 is 23.2 Å². The third-order valence-corrected chi connectivity index (χ3v) is 7.48. The maximum absolute atomic E-state index is 13.2. The molecule has 0 saturated carbocycles. The van der Waals surface area contributed by atoms with Gasteiger partial charge in [-0.05, 0) is 56.9 Å². The third-order valence-electron chi connectivity index (χ3n) is 7.14. The first kappa shape index (κ1) is 35.8. The fourth-order valence-electron chi connectivity index (χ4n) is 4.71. The van der Waals surface area contributed by atoms with Crippen molar-refractivity contribution < 1.29 is 32.9 Å². The highest BCUT2D eigenvalue weighted by Crippen LogP contribution is 2.25. The fourth-order valence-corrected chi connectivity index (χ4v) is 5.12. The van der Waals surface area contributed by atoms with Gasteiger partial charge in [-0.1, -0.05) is 48.5 Å². The first-order valence-corrected chi connectivity index (χ1v) is 15.6. The summed E-state index contributed by atoms with van der Waals surface area (Å²) in [5.74, 6) is 0.912. The summed E-state index contributed by atoms with van der Waals surface area (Å²) >= 11 is 11.4. The fraction of sp³-hybridized carbons (Fsp3) is 0.235. The minimum atomic E-state index is -1.36. The molecule has 0 saturated heterocycles. The molecule has 4 aromatic carbocycles. The van der Waals surface area contributed by atoms with Crippen LogP contribution < -0.4 is 20.7 Å². The minimum Gasteiger partial charge on any atom is -0.497 e. The second kappa shape index (κ2) is 17.2. The molecule has 14 heteroatoms. The summed E-state index contributed by atoms with van der Waals surface area (Å²) in [5, 5.41) is 3.75. The second-order valence-electron chi connectivity index (χ2n) is 10.1. The van der Waals surface area contributed by atoms with Gasteiger partial charge in [0.1, 0.15) is 24.7 Å². The van der Waals surface area contributed by atoms with Crippen LogP contribution in [0.25, 0.3) is 21.5 Å². The lowest BCUT2D eigenvalue weighted by Crippen LogP contribution is -2.41. The van der Waals surface area contributed by atoms with E-state index in [1.165, 1.54) is 4.90 Å². The number of halogens is 3. The zero-order valence-corrected chi connectivity index (χ0v) is 27.6. The molecule has 0 atom stereocenters. The summed E-state index contributed by atoms with van der Waals surface area (Å²) < 4.78 is 34.1. The second-order valence-corrected chi connectivity index (χ2v) is 10.8. The Kier molecular flexibility index (Phi) is 12.8. The van der Waals surface area contributed by atoms with E-state index in [1.54, 1.807) is 38.5 Å². The predicted molar refractivity (Wildman–Crippen MR) is 181 cm³/mol. The number of nitrogens with one attached hydrogen (secondary N) is 1. The van der Waals surface area contributed by atoms with Gasteiger partial charge in [0.05, 0.1) is 14.2 Å². The van der Waals surface area contributed by atoms with Crippen molar-refractivity contribution in [3.8, 4) is 11.5 Å². The summed E-state index contributed by atoms with van der Waals surface area (Å²) in [6.07, 6.45) is -1.07. The number of benzene rings is 4. The Hall–Kier alpha value is -5.07. The van der Waals surface area contributed by atoms with Crippen molar-refractivity contribution in [2.24, 2.45) is 0 Å². The number of rotatable bonds is 10. The molecule has 0 aliphatic heterocycles. The SMILES string of the molecule is COc1ccc2c(COC(=O)N(CCCl)CCCl)cccc2c1.COc1ccc2c(COC(=O)n3c(=O)[nH]cc(F)c3=O)cccc2c1. The first-order valence-electron chi connectivity index (χ1n) is 14.5. The number of carbonyl (C=O) groups is 2. The van der Waals surface area contributed by atoms with Crippen molar-refractivity contribution in [3.63, 3.8) is 0 Å². The van der Waals surface area contributed by atoms with E-state index in [9.17, 15) is 23.6 Å². The Balaban J connectivity index is 0.000000218. The van der Waals surface area contributed by atoms with E-state index < -0.39 is 29.3 Å². The molecule has 1 heterocycles. The Morgan fingerprint density at radius 2 is 1.31 bits per heavy atom. The van der Waals surface area contributed by atoms with Crippen LogP contribution in [0, 0.1) is 5.82 Å². The largest absolute Gasteiger partial charge is 0.497 e. The van der Waals surface area contributed by atoms with E-state index in [0.717, 1.165) is 32.9 Å². The highest BCUT2D eigenvalue weighted by molar-refractivity contribution is 6.18. The van der Waals surface area contributed by atoms with Gasteiger partial charge in [-0.3, -0.25) is 4.79 Å². The van der Waals surface area contributed by atoms with Crippen molar-refractivity contribution >= 4 is 56.9 Å². The number of fused-ring (bicyclic) bond motifs is 2. The number of aromatic amines is 1. The Bertz CT molecular complexity index is 2010. The molecule has 0 aliphatic carbocycles. The molecule has 5 aromatic rings. The maximum atomic E-state index is 13.2. The van der Waals surface area contributed by atoms with E-state index in [2.05, 4.69) is 0 Å². The van der Waals surface area contributed by atoms with Gasteiger partial charge in [-0.15, -0.1) is 23.2 Å². The lowest BCUT2D eigenvalue weighted by Gasteiger charge is -2.20. The van der Waals surface area contributed by atoms with Crippen LogP contribution in [0.1, 0.15) is 11.1 Å². The third kappa shape index (κ3) is 8.84. The normalized spacial score (nSPS) is 10.6. The number of carbonyl (C=O) groups excluding carboxylic acids is 2. The van der Waals surface area contributed by atoms with E-state index in [1.807, 2.05) is 53.5 Å². The quantitative estimate of drug-likeness (QED) is 0.169. The summed E-state index contributed by atoms with van der Waals surface area (Å²) in [6.45, 7) is 0.841. The van der Waals surface area contributed by atoms with Crippen molar-refractivity contribution in [2.75, 3.05) is 39.1 Å². The lowest BCUT2D eigenvalue weighted by atomic mass is 10.0. The monoisotopic (exact) mass is 699 g/mol. The minimum absolute atomic E-state index is 0.0729. The molecule has 0 unspecified atom stereocenters. The molecule has 48 heavy (non-hydrogen) atoms. The van der Waals surface area contributed by atoms with Crippen molar-refractivity contribution in [1.82, 2.24) is 14.5 Å². The van der Waals surface area contributed by atoms with Gasteiger partial charge in [0, 0.05) is 31.0 Å². The number of hydrogen-bond donors (Lipinski definition) is 1. The van der Waals surface area contributed by atoms with Gasteiger partial charge >= 0.3 is 23.4 Å². The summed E-state index contributed by atoms with van der Waals surface area (Å²) in [7, 11) is 3.19. The highest BCUT2D eigenvalue weighted by Gasteiger charge is 2.17. The standard InChI is InChI=1S/C17H19Cl2NO3.C17H13FN2O5/c1-22-15-5-6-16-13(11-15)3-2-4-14(16)12-23-17(21)20(9-7-18)10-8-19;1-24-12-5-6-13-10(7-12)3-2-4-11(13)9-25-17(23)20-15(21)14(18)8-19-16(20)22/h2-6,11H,7-10,12H2,1H3;2-8H,9H2,1H3,(H,19,22). The van der Waals surface area contributed by atoms with Crippen LogP contribution in [-0.2, 0) is 22.7 Å². The van der Waals surface area contributed by atoms with E-state index in [0.29, 0.717) is 42.4 Å². The Labute approximate surface area is 284 Å². The zero-order chi connectivity index (χ0) is 34.6. The molecule has 0 fully saturated rings. The zero-order valence-electron chi connectivity index (χ0n) is 26.0. The summed E-state index contributed by atoms with van der Waals surface area (Å²) in [6, 6.07) is 22.4. The van der Waals surface area contributed by atoms with Gasteiger partial charge in [-0.25, -0.2) is 14.4 Å². The van der Waals surface area contributed by atoms with E-state index in [4.69, 9.17) is 42.1 Å². The first-order chi connectivity index (χ1) is 23.2.